The van der Waals surface area contributed by atoms with Gasteiger partial charge in [0, 0.05) is 18.3 Å². The molecule has 9 nitrogen and oxygen atoms in total. The van der Waals surface area contributed by atoms with Crippen LogP contribution >= 0.6 is 0 Å². The van der Waals surface area contributed by atoms with Crippen LogP contribution < -0.4 is 10.2 Å². The van der Waals surface area contributed by atoms with E-state index >= 15 is 0 Å². The smallest absolute Gasteiger partial charge is 0.353 e. The van der Waals surface area contributed by atoms with Crippen molar-refractivity contribution < 1.29 is 14.8 Å². The van der Waals surface area contributed by atoms with Crippen molar-refractivity contribution in [2.45, 2.75) is 32.2 Å². The molecule has 0 amide bonds. The Morgan fingerprint density at radius 2 is 2.04 bits per heavy atom. The second kappa shape index (κ2) is 7.34. The van der Waals surface area contributed by atoms with E-state index in [9.17, 15) is 14.9 Å². The van der Waals surface area contributed by atoms with E-state index < -0.39 is 10.9 Å². The number of rotatable bonds is 5. The van der Waals surface area contributed by atoms with Crippen molar-refractivity contribution in [3.63, 3.8) is 0 Å². The van der Waals surface area contributed by atoms with Crippen LogP contribution in [0.1, 0.15) is 36.5 Å². The van der Waals surface area contributed by atoms with E-state index in [1.807, 2.05) is 11.8 Å². The van der Waals surface area contributed by atoms with Crippen molar-refractivity contribution in [2.75, 3.05) is 16.8 Å². The molecule has 1 atom stereocenters. The van der Waals surface area contributed by atoms with Gasteiger partial charge in [-0.3, -0.25) is 10.1 Å². The predicted octanol–water partition coefficient (Wildman–Crippen LogP) is 3.21. The minimum atomic E-state index is -1.04. The molecular formula is C17H19N5O4. The van der Waals surface area contributed by atoms with Crippen LogP contribution in [0.5, 0.6) is 0 Å². The molecule has 1 aromatic carbocycles. The third-order valence-electron chi connectivity index (χ3n) is 4.46. The molecule has 1 aliphatic heterocycles. The van der Waals surface area contributed by atoms with Gasteiger partial charge in [-0.1, -0.05) is 0 Å². The van der Waals surface area contributed by atoms with Crippen molar-refractivity contribution in [2.24, 2.45) is 0 Å². The Morgan fingerprint density at radius 3 is 2.65 bits per heavy atom. The number of piperidine rings is 1. The second-order valence-corrected chi connectivity index (χ2v) is 6.20. The first-order chi connectivity index (χ1) is 12.5. The average molecular weight is 357 g/mol. The molecule has 26 heavy (non-hydrogen) atoms. The summed E-state index contributed by atoms with van der Waals surface area (Å²) >= 11 is 0. The highest BCUT2D eigenvalue weighted by Crippen LogP contribution is 2.36. The molecule has 1 aliphatic rings. The first-order valence-electron chi connectivity index (χ1n) is 8.34. The number of nitrogens with one attached hydrogen (secondary N) is 1. The van der Waals surface area contributed by atoms with E-state index in [-0.39, 0.29) is 23.1 Å². The second-order valence-electron chi connectivity index (χ2n) is 6.20. The number of carbonyl (C=O) groups is 1. The van der Waals surface area contributed by atoms with Gasteiger partial charge in [0.05, 0.1) is 10.5 Å². The fraction of sp³-hybridized carbons (Fsp3) is 0.353. The first kappa shape index (κ1) is 17.6. The van der Waals surface area contributed by atoms with Gasteiger partial charge >= 0.3 is 11.7 Å². The number of hydrogen-bond acceptors (Lipinski definition) is 7. The molecule has 0 saturated carbocycles. The SMILES string of the molecule is CC1CCCCN1c1ncnc(Nc2ccc(C(=O)O)cc2)c1[N+](=O)[O-]. The Kier molecular flexibility index (Phi) is 4.97. The number of anilines is 3. The van der Waals surface area contributed by atoms with E-state index in [0.29, 0.717) is 18.1 Å². The maximum Gasteiger partial charge on any atom is 0.353 e. The van der Waals surface area contributed by atoms with Crippen LogP contribution in [-0.4, -0.2) is 38.6 Å². The molecule has 0 bridgehead atoms. The largest absolute Gasteiger partial charge is 0.478 e. The van der Waals surface area contributed by atoms with Gasteiger partial charge in [-0.2, -0.15) is 0 Å². The van der Waals surface area contributed by atoms with Gasteiger partial charge in [-0.05, 0) is 50.5 Å². The molecule has 136 valence electrons. The van der Waals surface area contributed by atoms with Crippen molar-refractivity contribution in [3.05, 3.63) is 46.3 Å². The molecule has 2 aromatic rings. The molecule has 0 radical (unpaired) electrons. The van der Waals surface area contributed by atoms with Gasteiger partial charge in [-0.15, -0.1) is 0 Å². The van der Waals surface area contributed by atoms with Crippen LogP contribution in [0.15, 0.2) is 30.6 Å². The molecule has 0 aliphatic carbocycles. The number of aromatic carboxylic acids is 1. The lowest BCUT2D eigenvalue weighted by atomic mass is 10.0. The standard InChI is InChI=1S/C17H19N5O4/c1-11-4-2-3-9-21(11)16-14(22(25)26)15(18-10-19-16)20-13-7-5-12(6-8-13)17(23)24/h5-8,10-11H,2-4,9H2,1H3,(H,23,24)(H,18,19,20). The summed E-state index contributed by atoms with van der Waals surface area (Å²) in [7, 11) is 0. The van der Waals surface area contributed by atoms with Gasteiger partial charge < -0.3 is 15.3 Å². The minimum Gasteiger partial charge on any atom is -0.478 e. The van der Waals surface area contributed by atoms with Crippen LogP contribution in [-0.2, 0) is 0 Å². The van der Waals surface area contributed by atoms with Gasteiger partial charge in [0.1, 0.15) is 6.33 Å². The minimum absolute atomic E-state index is 0.0841. The summed E-state index contributed by atoms with van der Waals surface area (Å²) in [6.45, 7) is 2.74. The zero-order chi connectivity index (χ0) is 18.7. The summed E-state index contributed by atoms with van der Waals surface area (Å²) in [6.07, 6.45) is 4.32. The zero-order valence-electron chi connectivity index (χ0n) is 14.3. The van der Waals surface area contributed by atoms with Crippen LogP contribution in [0.25, 0.3) is 0 Å². The molecule has 1 fully saturated rings. The summed E-state index contributed by atoms with van der Waals surface area (Å²) in [5.41, 5.74) is 0.466. The van der Waals surface area contributed by atoms with E-state index in [0.717, 1.165) is 19.3 Å². The van der Waals surface area contributed by atoms with E-state index in [4.69, 9.17) is 5.11 Å². The van der Waals surface area contributed by atoms with E-state index in [1.165, 1.54) is 18.5 Å². The summed E-state index contributed by atoms with van der Waals surface area (Å²) in [4.78, 5) is 32.3. The third-order valence-corrected chi connectivity index (χ3v) is 4.46. The Hall–Kier alpha value is -3.23. The number of hydrogen-bond donors (Lipinski definition) is 2. The number of nitrogens with zero attached hydrogens (tertiary/aromatic N) is 4. The Labute approximate surface area is 149 Å². The third kappa shape index (κ3) is 3.56. The number of carboxylic acid groups (broad SMARTS) is 1. The fourth-order valence-corrected chi connectivity index (χ4v) is 3.08. The summed E-state index contributed by atoms with van der Waals surface area (Å²) in [6, 6.07) is 6.09. The van der Waals surface area contributed by atoms with Gasteiger partial charge in [0.2, 0.25) is 11.6 Å². The number of aromatic nitrogens is 2. The van der Waals surface area contributed by atoms with Crippen LogP contribution in [0, 0.1) is 10.1 Å². The van der Waals surface area contributed by atoms with Gasteiger partial charge in [-0.25, -0.2) is 14.8 Å². The summed E-state index contributed by atoms with van der Waals surface area (Å²) in [5.74, 6) is -0.645. The molecule has 2 heterocycles. The molecule has 1 unspecified atom stereocenters. The fourth-order valence-electron chi connectivity index (χ4n) is 3.08. The van der Waals surface area contributed by atoms with E-state index in [1.54, 1.807) is 12.1 Å². The molecule has 2 N–H and O–H groups in total. The van der Waals surface area contributed by atoms with Gasteiger partial charge in [0.25, 0.3) is 0 Å². The molecule has 9 heteroatoms. The van der Waals surface area contributed by atoms with E-state index in [2.05, 4.69) is 15.3 Å². The lowest BCUT2D eigenvalue weighted by Crippen LogP contribution is -2.38. The Bertz CT molecular complexity index is 824. The molecular weight excluding hydrogens is 338 g/mol. The molecule has 0 spiro atoms. The van der Waals surface area contributed by atoms with Crippen molar-refractivity contribution >= 4 is 29.0 Å². The predicted molar refractivity (Wildman–Crippen MR) is 96.0 cm³/mol. The summed E-state index contributed by atoms with van der Waals surface area (Å²) in [5, 5.41) is 23.6. The van der Waals surface area contributed by atoms with Crippen LogP contribution in [0.4, 0.5) is 23.0 Å². The van der Waals surface area contributed by atoms with Crippen molar-refractivity contribution in [3.8, 4) is 0 Å². The lowest BCUT2D eigenvalue weighted by molar-refractivity contribution is -0.383. The highest BCUT2D eigenvalue weighted by molar-refractivity contribution is 5.88. The molecule has 1 saturated heterocycles. The Morgan fingerprint density at radius 1 is 1.31 bits per heavy atom. The summed E-state index contributed by atoms with van der Waals surface area (Å²) < 4.78 is 0. The van der Waals surface area contributed by atoms with Crippen LogP contribution in [0.3, 0.4) is 0 Å². The van der Waals surface area contributed by atoms with Gasteiger partial charge in [0.15, 0.2) is 0 Å². The normalized spacial score (nSPS) is 17.0. The van der Waals surface area contributed by atoms with Crippen LogP contribution in [0.2, 0.25) is 0 Å². The topological polar surface area (TPSA) is 121 Å². The van der Waals surface area contributed by atoms with Crippen molar-refractivity contribution in [1.29, 1.82) is 0 Å². The lowest BCUT2D eigenvalue weighted by Gasteiger charge is -2.33. The highest BCUT2D eigenvalue weighted by Gasteiger charge is 2.30. The monoisotopic (exact) mass is 357 g/mol. The number of benzene rings is 1. The maximum atomic E-state index is 11.7. The molecule has 3 rings (SSSR count). The molecule has 1 aromatic heterocycles. The maximum absolute atomic E-state index is 11.7. The quantitative estimate of drug-likeness (QED) is 0.618. The number of nitro groups is 1. The first-order valence-corrected chi connectivity index (χ1v) is 8.34. The average Bonchev–Trinajstić information content (AvgIpc) is 2.62. The Balaban J connectivity index is 1.95. The highest BCUT2D eigenvalue weighted by atomic mass is 16.6. The zero-order valence-corrected chi connectivity index (χ0v) is 14.3. The number of carboxylic acids is 1. The van der Waals surface area contributed by atoms with Crippen molar-refractivity contribution in [1.82, 2.24) is 9.97 Å².